The highest BCUT2D eigenvalue weighted by Gasteiger charge is 2.79. The average Bonchev–Trinajstić information content (AvgIpc) is 3.38. The summed E-state index contributed by atoms with van der Waals surface area (Å²) in [5.74, 6) is -2.07. The summed E-state index contributed by atoms with van der Waals surface area (Å²) in [5, 5.41) is 13.6. The van der Waals surface area contributed by atoms with Crippen molar-refractivity contribution in [1.82, 2.24) is 0 Å². The van der Waals surface area contributed by atoms with E-state index >= 15 is 4.39 Å². The average molecular weight is 575 g/mol. The van der Waals surface area contributed by atoms with E-state index < -0.39 is 40.0 Å². The van der Waals surface area contributed by atoms with Gasteiger partial charge in [-0.2, -0.15) is 0 Å². The third kappa shape index (κ3) is 3.52. The molecule has 1 saturated heterocycles. The van der Waals surface area contributed by atoms with Gasteiger partial charge in [0.2, 0.25) is 11.0 Å². The number of hydroxylamine groups is 1. The molecule has 39 heavy (non-hydrogen) atoms. The first-order valence-corrected chi connectivity index (χ1v) is 14.7. The van der Waals surface area contributed by atoms with Crippen molar-refractivity contribution in [3.63, 3.8) is 0 Å². The summed E-state index contributed by atoms with van der Waals surface area (Å²) in [7, 11) is 0. The standard InChI is InChI=1S/C29H32ClFN2O5S/c1-26-10-9-20(34)11-16(26)3-8-21-22-12-17-14-33(19-6-4-18(30)5-7-19)38-29(17,25(37)39-15-24(32)36)27(22,2)13-23(35)28(21,26)31/h4-7,9-11,17,21-23,35H,3,8,12-15H2,1-2H3,(H2,32,36)/t17-,21-,22-,23-,26-,27-,28-,29-/m0/s1. The number of hydrogen-bond donors (Lipinski definition) is 2. The van der Waals surface area contributed by atoms with Crippen molar-refractivity contribution in [3.05, 3.63) is 53.1 Å². The molecule has 7 nitrogen and oxygen atoms in total. The Morgan fingerprint density at radius 1 is 1.26 bits per heavy atom. The summed E-state index contributed by atoms with van der Waals surface area (Å²) in [6.07, 6.45) is 4.68. The molecule has 0 spiro atoms. The van der Waals surface area contributed by atoms with Gasteiger partial charge in [0.25, 0.3) is 0 Å². The topological polar surface area (TPSA) is 110 Å². The van der Waals surface area contributed by atoms with E-state index in [1.165, 1.54) is 12.2 Å². The van der Waals surface area contributed by atoms with Crippen molar-refractivity contribution in [1.29, 1.82) is 0 Å². The number of alkyl halides is 1. The number of fused-ring (bicyclic) bond motifs is 7. The Morgan fingerprint density at radius 2 is 1.97 bits per heavy atom. The number of nitrogens with two attached hydrogens (primary N) is 1. The number of thioether (sulfide) groups is 1. The largest absolute Gasteiger partial charge is 0.390 e. The Bertz CT molecular complexity index is 1320. The summed E-state index contributed by atoms with van der Waals surface area (Å²) in [4.78, 5) is 44.4. The molecule has 1 aliphatic heterocycles. The van der Waals surface area contributed by atoms with Gasteiger partial charge in [0.1, 0.15) is 0 Å². The number of halogens is 2. The van der Waals surface area contributed by atoms with Gasteiger partial charge in [0, 0.05) is 27.7 Å². The zero-order valence-corrected chi connectivity index (χ0v) is 23.4. The number of benzene rings is 1. The monoisotopic (exact) mass is 574 g/mol. The first-order chi connectivity index (χ1) is 18.4. The van der Waals surface area contributed by atoms with Crippen LogP contribution in [0.15, 0.2) is 48.1 Å². The van der Waals surface area contributed by atoms with Crippen molar-refractivity contribution in [2.45, 2.75) is 56.9 Å². The van der Waals surface area contributed by atoms with Crippen molar-refractivity contribution < 1.29 is 28.7 Å². The van der Waals surface area contributed by atoms with Crippen LogP contribution in [0, 0.1) is 28.6 Å². The van der Waals surface area contributed by atoms with Crippen LogP contribution >= 0.6 is 23.4 Å². The molecule has 1 aromatic carbocycles. The van der Waals surface area contributed by atoms with Crippen LogP contribution in [0.4, 0.5) is 10.1 Å². The van der Waals surface area contributed by atoms with Crippen molar-refractivity contribution in [2.75, 3.05) is 17.4 Å². The SMILES string of the molecule is C[C@]12C=CC(=O)C=C1CC[C@H]1[C@@H]3C[C@H]4CN(c5ccc(Cl)cc5)O[C@@]4(C(=O)SCC(N)=O)[C@@]3(C)C[C@H](O)[C@@]12F. The molecule has 8 atom stereocenters. The van der Waals surface area contributed by atoms with Crippen LogP contribution in [-0.2, 0) is 19.2 Å². The number of hydrogen-bond acceptors (Lipinski definition) is 7. The molecule has 0 unspecified atom stereocenters. The molecule has 208 valence electrons. The van der Waals surface area contributed by atoms with E-state index in [4.69, 9.17) is 22.2 Å². The van der Waals surface area contributed by atoms with Crippen LogP contribution in [0.3, 0.4) is 0 Å². The van der Waals surface area contributed by atoms with E-state index in [-0.39, 0.29) is 34.9 Å². The van der Waals surface area contributed by atoms with Crippen LogP contribution in [0.2, 0.25) is 5.02 Å². The molecule has 4 aliphatic carbocycles. The molecule has 4 fully saturated rings. The number of aliphatic hydroxyl groups excluding tert-OH is 1. The zero-order chi connectivity index (χ0) is 28.0. The third-order valence-electron chi connectivity index (χ3n) is 10.4. The van der Waals surface area contributed by atoms with Crippen LogP contribution in [0.1, 0.15) is 39.5 Å². The number of anilines is 1. The third-order valence-corrected chi connectivity index (χ3v) is 11.6. The van der Waals surface area contributed by atoms with E-state index in [0.717, 1.165) is 17.4 Å². The highest BCUT2D eigenvalue weighted by Crippen LogP contribution is 2.73. The number of primary amides is 1. The molecule has 6 rings (SSSR count). The molecular formula is C29H32ClFN2O5S. The fraction of sp³-hybridized carbons (Fsp3) is 0.552. The molecule has 0 radical (unpaired) electrons. The second kappa shape index (κ2) is 8.90. The van der Waals surface area contributed by atoms with Gasteiger partial charge in [-0.1, -0.05) is 41.9 Å². The van der Waals surface area contributed by atoms with Gasteiger partial charge in [0.15, 0.2) is 17.1 Å². The van der Waals surface area contributed by atoms with Gasteiger partial charge in [-0.25, -0.2) is 4.39 Å². The minimum absolute atomic E-state index is 0.00313. The van der Waals surface area contributed by atoms with Gasteiger partial charge in [-0.15, -0.1) is 0 Å². The molecule has 3 N–H and O–H groups in total. The van der Waals surface area contributed by atoms with E-state index in [1.54, 1.807) is 30.2 Å². The number of carbonyl (C=O) groups excluding carboxylic acids is 3. The number of aliphatic hydroxyl groups is 1. The molecule has 1 aromatic rings. The van der Waals surface area contributed by atoms with Crippen LogP contribution < -0.4 is 10.8 Å². The Balaban J connectivity index is 1.42. The van der Waals surface area contributed by atoms with E-state index in [1.807, 2.05) is 19.1 Å². The second-order valence-corrected chi connectivity index (χ2v) is 13.5. The van der Waals surface area contributed by atoms with Crippen molar-refractivity contribution in [3.8, 4) is 0 Å². The molecule has 0 aromatic heterocycles. The maximum absolute atomic E-state index is 17.5. The van der Waals surface area contributed by atoms with Gasteiger partial charge in [-0.3, -0.25) is 24.3 Å². The first kappa shape index (κ1) is 27.0. The quantitative estimate of drug-likeness (QED) is 0.555. The number of nitrogens with zero attached hydrogens (tertiary/aromatic N) is 1. The van der Waals surface area contributed by atoms with Gasteiger partial charge >= 0.3 is 0 Å². The molecule has 1 heterocycles. The number of amides is 1. The lowest BCUT2D eigenvalue weighted by Gasteiger charge is -2.62. The van der Waals surface area contributed by atoms with Crippen LogP contribution in [0.25, 0.3) is 0 Å². The first-order valence-electron chi connectivity index (χ1n) is 13.4. The molecule has 3 saturated carbocycles. The highest BCUT2D eigenvalue weighted by molar-refractivity contribution is 8.14. The number of allylic oxidation sites excluding steroid dienone is 4. The molecule has 10 heteroatoms. The Hall–Kier alpha value is -2.20. The second-order valence-electron chi connectivity index (χ2n) is 12.1. The van der Waals surface area contributed by atoms with E-state index in [0.29, 0.717) is 36.4 Å². The van der Waals surface area contributed by atoms with Gasteiger partial charge in [-0.05, 0) is 74.9 Å². The van der Waals surface area contributed by atoms with Crippen LogP contribution in [-0.4, -0.2) is 51.6 Å². The smallest absolute Gasteiger partial charge is 0.227 e. The predicted molar refractivity (Wildman–Crippen MR) is 147 cm³/mol. The van der Waals surface area contributed by atoms with E-state index in [9.17, 15) is 19.5 Å². The number of ketones is 1. The summed E-state index contributed by atoms with van der Waals surface area (Å²) in [6.45, 7) is 4.11. The maximum atomic E-state index is 17.5. The van der Waals surface area contributed by atoms with Crippen molar-refractivity contribution >= 4 is 45.9 Å². The Labute approximate surface area is 235 Å². The fourth-order valence-corrected chi connectivity index (χ4v) is 9.65. The van der Waals surface area contributed by atoms with Crippen molar-refractivity contribution in [2.24, 2.45) is 34.3 Å². The lowest BCUT2D eigenvalue weighted by molar-refractivity contribution is -0.220. The molecular weight excluding hydrogens is 543 g/mol. The van der Waals surface area contributed by atoms with Gasteiger partial charge in [0.05, 0.1) is 24.1 Å². The molecule has 1 amide bonds. The Morgan fingerprint density at radius 3 is 2.67 bits per heavy atom. The van der Waals surface area contributed by atoms with E-state index in [2.05, 4.69) is 0 Å². The fourth-order valence-electron chi connectivity index (χ4n) is 8.60. The molecule has 5 aliphatic rings. The van der Waals surface area contributed by atoms with Gasteiger partial charge < -0.3 is 10.8 Å². The molecule has 0 bridgehead atoms. The summed E-state index contributed by atoms with van der Waals surface area (Å²) in [6, 6.07) is 7.11. The summed E-state index contributed by atoms with van der Waals surface area (Å²) >= 11 is 6.92. The normalized spacial score (nSPS) is 42.3. The van der Waals surface area contributed by atoms with Crippen LogP contribution in [0.5, 0.6) is 0 Å². The lowest BCUT2D eigenvalue weighted by Crippen LogP contribution is -2.69. The number of carbonyl (C=O) groups is 3. The lowest BCUT2D eigenvalue weighted by atomic mass is 9.45. The summed E-state index contributed by atoms with van der Waals surface area (Å²) < 4.78 is 17.5. The minimum atomic E-state index is -2.00. The highest BCUT2D eigenvalue weighted by atomic mass is 35.5. The number of rotatable bonds is 4. The summed E-state index contributed by atoms with van der Waals surface area (Å²) in [5.41, 5.74) is 1.42. The maximum Gasteiger partial charge on any atom is 0.227 e. The zero-order valence-electron chi connectivity index (χ0n) is 21.9. The Kier molecular flexibility index (Phi) is 6.16. The minimum Gasteiger partial charge on any atom is -0.390 e. The predicted octanol–water partition coefficient (Wildman–Crippen LogP) is 4.17.